The van der Waals surface area contributed by atoms with Gasteiger partial charge in [0.2, 0.25) is 6.23 Å². The predicted octanol–water partition coefficient (Wildman–Crippen LogP) is 4.10. The van der Waals surface area contributed by atoms with Crippen LogP contribution < -0.4 is 14.2 Å². The maximum absolute atomic E-state index is 6.35. The first kappa shape index (κ1) is 16.4. The van der Waals surface area contributed by atoms with E-state index in [9.17, 15) is 0 Å². The first-order valence-corrected chi connectivity index (χ1v) is 9.78. The molecule has 0 spiro atoms. The van der Waals surface area contributed by atoms with E-state index in [0.29, 0.717) is 13.2 Å². The molecule has 0 fully saturated rings. The van der Waals surface area contributed by atoms with Crippen LogP contribution in [0.15, 0.2) is 72.1 Å². The molecule has 0 unspecified atom stereocenters. The fourth-order valence-electron chi connectivity index (χ4n) is 4.18. The highest BCUT2D eigenvalue weighted by molar-refractivity contribution is 6.02. The standard InChI is InChI=1S/C23H19N3O3/c1-2-4-20-17(3-1)19-14-18(16-5-6-21-22(13-16)28-12-11-27-21)25-26(19)23(29-20)15-7-9-24-10-8-15/h1-10,13,19,23H,11-12,14H2/t19-,23-/m0/s1. The average molecular weight is 385 g/mol. The fourth-order valence-corrected chi connectivity index (χ4v) is 4.18. The van der Waals surface area contributed by atoms with Crippen LogP contribution >= 0.6 is 0 Å². The van der Waals surface area contributed by atoms with Gasteiger partial charge in [0.1, 0.15) is 19.0 Å². The largest absolute Gasteiger partial charge is 0.486 e. The molecular weight excluding hydrogens is 366 g/mol. The van der Waals surface area contributed by atoms with Crippen molar-refractivity contribution in [2.45, 2.75) is 18.7 Å². The predicted molar refractivity (Wildman–Crippen MR) is 107 cm³/mol. The SMILES string of the molecule is c1ccc2c(c1)O[C@@H](c1ccncc1)N1N=C(c3ccc4c(c3)OCCO4)C[C@@H]21. The average Bonchev–Trinajstić information content (AvgIpc) is 3.25. The number of para-hydroxylation sites is 1. The minimum Gasteiger partial charge on any atom is -0.486 e. The van der Waals surface area contributed by atoms with Crippen molar-refractivity contribution >= 4 is 5.71 Å². The van der Waals surface area contributed by atoms with Gasteiger partial charge in [0.25, 0.3) is 0 Å². The van der Waals surface area contributed by atoms with Crippen LogP contribution in [0.1, 0.15) is 35.4 Å². The summed E-state index contributed by atoms with van der Waals surface area (Å²) >= 11 is 0. The van der Waals surface area contributed by atoms with Crippen LogP contribution in [0.5, 0.6) is 17.2 Å². The molecule has 3 aliphatic rings. The third-order valence-corrected chi connectivity index (χ3v) is 5.57. The number of pyridine rings is 1. The molecule has 6 rings (SSSR count). The molecule has 4 heterocycles. The van der Waals surface area contributed by atoms with Crippen LogP contribution in [0.3, 0.4) is 0 Å². The van der Waals surface area contributed by atoms with Crippen LogP contribution in [0.4, 0.5) is 0 Å². The molecule has 2 aromatic carbocycles. The number of benzene rings is 2. The molecule has 0 amide bonds. The van der Waals surface area contributed by atoms with Crippen LogP contribution in [0, 0.1) is 0 Å². The zero-order chi connectivity index (χ0) is 19.2. The normalized spacial score (nSPS) is 21.7. The number of rotatable bonds is 2. The number of fused-ring (bicyclic) bond motifs is 4. The van der Waals surface area contributed by atoms with Gasteiger partial charge in [-0.25, -0.2) is 5.01 Å². The van der Waals surface area contributed by atoms with Gasteiger partial charge in [-0.15, -0.1) is 0 Å². The second-order valence-corrected chi connectivity index (χ2v) is 7.29. The van der Waals surface area contributed by atoms with Crippen LogP contribution in [0.2, 0.25) is 0 Å². The second kappa shape index (κ2) is 6.51. The molecular formula is C23H19N3O3. The summed E-state index contributed by atoms with van der Waals surface area (Å²) < 4.78 is 17.8. The molecule has 0 radical (unpaired) electrons. The third-order valence-electron chi connectivity index (χ3n) is 5.57. The van der Waals surface area contributed by atoms with Gasteiger partial charge in [-0.3, -0.25) is 4.98 Å². The van der Waals surface area contributed by atoms with E-state index in [1.54, 1.807) is 12.4 Å². The van der Waals surface area contributed by atoms with Crippen molar-refractivity contribution in [2.24, 2.45) is 5.10 Å². The van der Waals surface area contributed by atoms with Crippen LogP contribution in [0.25, 0.3) is 0 Å². The number of hydrogen-bond acceptors (Lipinski definition) is 6. The molecule has 0 aliphatic carbocycles. The smallest absolute Gasteiger partial charge is 0.213 e. The summed E-state index contributed by atoms with van der Waals surface area (Å²) in [6.07, 6.45) is 4.10. The molecule has 6 nitrogen and oxygen atoms in total. The minimum atomic E-state index is -0.285. The fraction of sp³-hybridized carbons (Fsp3) is 0.217. The molecule has 0 bridgehead atoms. The maximum Gasteiger partial charge on any atom is 0.213 e. The van der Waals surface area contributed by atoms with Gasteiger partial charge in [-0.05, 0) is 36.4 Å². The Hall–Kier alpha value is -3.54. The van der Waals surface area contributed by atoms with Crippen molar-refractivity contribution < 1.29 is 14.2 Å². The number of aromatic nitrogens is 1. The summed E-state index contributed by atoms with van der Waals surface area (Å²) in [5.74, 6) is 2.48. The summed E-state index contributed by atoms with van der Waals surface area (Å²) in [6.45, 7) is 1.16. The second-order valence-electron chi connectivity index (χ2n) is 7.29. The lowest BCUT2D eigenvalue weighted by Crippen LogP contribution is -2.33. The molecule has 2 atom stereocenters. The molecule has 6 heteroatoms. The highest BCUT2D eigenvalue weighted by atomic mass is 16.6. The lowest BCUT2D eigenvalue weighted by atomic mass is 9.96. The summed E-state index contributed by atoms with van der Waals surface area (Å²) in [7, 11) is 0. The van der Waals surface area contributed by atoms with Crippen molar-refractivity contribution in [3.8, 4) is 17.2 Å². The summed E-state index contributed by atoms with van der Waals surface area (Å²) in [5, 5.41) is 7.07. The summed E-state index contributed by atoms with van der Waals surface area (Å²) in [4.78, 5) is 4.14. The minimum absolute atomic E-state index is 0.126. The Bertz CT molecular complexity index is 1100. The number of nitrogens with zero attached hydrogens (tertiary/aromatic N) is 3. The van der Waals surface area contributed by atoms with Gasteiger partial charge >= 0.3 is 0 Å². The van der Waals surface area contributed by atoms with Crippen molar-refractivity contribution in [1.29, 1.82) is 0 Å². The Kier molecular flexibility index (Phi) is 3.69. The molecule has 1 aromatic heterocycles. The van der Waals surface area contributed by atoms with Gasteiger partial charge in [0.05, 0.1) is 11.8 Å². The van der Waals surface area contributed by atoms with Crippen molar-refractivity contribution in [3.63, 3.8) is 0 Å². The Morgan fingerprint density at radius 1 is 0.862 bits per heavy atom. The lowest BCUT2D eigenvalue weighted by Gasteiger charge is -2.38. The molecule has 144 valence electrons. The Balaban J connectivity index is 1.42. The maximum atomic E-state index is 6.35. The third kappa shape index (κ3) is 2.71. The highest BCUT2D eigenvalue weighted by Gasteiger charge is 2.40. The Morgan fingerprint density at radius 3 is 2.59 bits per heavy atom. The van der Waals surface area contributed by atoms with Gasteiger partial charge in [-0.2, -0.15) is 5.10 Å². The van der Waals surface area contributed by atoms with E-state index in [0.717, 1.165) is 46.1 Å². The molecule has 3 aromatic rings. The van der Waals surface area contributed by atoms with E-state index in [4.69, 9.17) is 19.3 Å². The molecule has 3 aliphatic heterocycles. The molecule has 29 heavy (non-hydrogen) atoms. The Morgan fingerprint density at radius 2 is 1.69 bits per heavy atom. The Labute approximate surface area is 168 Å². The first-order chi connectivity index (χ1) is 14.4. The highest BCUT2D eigenvalue weighted by Crippen LogP contribution is 2.47. The van der Waals surface area contributed by atoms with Gasteiger partial charge < -0.3 is 14.2 Å². The molecule has 0 saturated carbocycles. The zero-order valence-electron chi connectivity index (χ0n) is 15.7. The van der Waals surface area contributed by atoms with Crippen molar-refractivity contribution in [1.82, 2.24) is 9.99 Å². The van der Waals surface area contributed by atoms with Gasteiger partial charge in [0, 0.05) is 35.5 Å². The molecule has 0 N–H and O–H groups in total. The summed E-state index contributed by atoms with van der Waals surface area (Å²) in [5.41, 5.74) is 4.27. The molecule has 0 saturated heterocycles. The van der Waals surface area contributed by atoms with E-state index in [2.05, 4.69) is 28.2 Å². The number of hydrogen-bond donors (Lipinski definition) is 0. The topological polar surface area (TPSA) is 56.2 Å². The monoisotopic (exact) mass is 385 g/mol. The zero-order valence-corrected chi connectivity index (χ0v) is 15.7. The lowest BCUT2D eigenvalue weighted by molar-refractivity contribution is -0.0190. The van der Waals surface area contributed by atoms with Gasteiger partial charge in [-0.1, -0.05) is 18.2 Å². The van der Waals surface area contributed by atoms with Crippen molar-refractivity contribution in [2.75, 3.05) is 13.2 Å². The first-order valence-electron chi connectivity index (χ1n) is 9.78. The van der Waals surface area contributed by atoms with Crippen LogP contribution in [-0.4, -0.2) is 28.9 Å². The van der Waals surface area contributed by atoms with Gasteiger partial charge in [0.15, 0.2) is 11.5 Å². The van der Waals surface area contributed by atoms with E-state index in [1.165, 1.54) is 0 Å². The quantitative estimate of drug-likeness (QED) is 0.665. The number of hydrazone groups is 1. The number of ether oxygens (including phenoxy) is 3. The summed E-state index contributed by atoms with van der Waals surface area (Å²) in [6, 6.07) is 18.3. The van der Waals surface area contributed by atoms with Crippen molar-refractivity contribution in [3.05, 3.63) is 83.7 Å². The van der Waals surface area contributed by atoms with E-state index in [1.807, 2.05) is 36.4 Å². The van der Waals surface area contributed by atoms with E-state index >= 15 is 0 Å². The van der Waals surface area contributed by atoms with Crippen LogP contribution in [-0.2, 0) is 0 Å². The van der Waals surface area contributed by atoms with E-state index < -0.39 is 0 Å². The van der Waals surface area contributed by atoms with E-state index in [-0.39, 0.29) is 12.3 Å².